The first-order valence-corrected chi connectivity index (χ1v) is 46.1. The summed E-state index contributed by atoms with van der Waals surface area (Å²) < 4.78 is 34.6. The van der Waals surface area contributed by atoms with Crippen LogP contribution in [-0.4, -0.2) is 92.5 Å². The van der Waals surface area contributed by atoms with E-state index in [-0.39, 0.29) is 51.6 Å². The van der Waals surface area contributed by atoms with Gasteiger partial charge in [0.15, 0.2) is 0 Å². The second kappa shape index (κ2) is 64.8. The van der Waals surface area contributed by atoms with Crippen molar-refractivity contribution in [3.8, 4) is 0 Å². The Morgan fingerprint density at radius 1 is 0.145 bits per heavy atom. The molecule has 0 N–H and O–H groups in total. The first-order chi connectivity index (χ1) is 57.2. The van der Waals surface area contributed by atoms with E-state index in [1.807, 2.05) is 121 Å². The summed E-state index contributed by atoms with van der Waals surface area (Å²) in [6.45, 7) is 14.0. The second-order valence-electron chi connectivity index (χ2n) is 26.9. The molecule has 11 nitrogen and oxygen atoms in total. The summed E-state index contributed by atoms with van der Waals surface area (Å²) in [4.78, 5) is 0. The number of rotatable bonds is 16. The molecule has 7 saturated heterocycles. The van der Waals surface area contributed by atoms with E-state index in [1.165, 1.54) is 132 Å². The summed E-state index contributed by atoms with van der Waals surface area (Å²) in [7, 11) is -2.81. The molecule has 19 rings (SSSR count). The SMILES string of the molecule is C1CCOC1.C1CCOC1.C1CCOC1.C1CCOC1.C1CCOC1.C1CCOC1.C1CCOC1.[Li+].[Y+3].c1ccc([N-]P(c2ccccc2)c2ccccc2)cc1.c1ccc([N-]P(c2ccccc2)c2ccccc2)cc1.c1ccc([N-]P(c2ccccc2)c2ccccc2)cc1.c1ccc([N-]P(c2ccccc2)c2ccccc2)cc1. The zero-order valence-corrected chi connectivity index (χ0v) is 74.9. The summed E-state index contributed by atoms with van der Waals surface area (Å²) in [6.07, 6.45) is 17.9. The minimum Gasteiger partial charge on any atom is -0.653 e. The van der Waals surface area contributed by atoms with Gasteiger partial charge in [0, 0.05) is 92.5 Å². The van der Waals surface area contributed by atoms with E-state index in [1.54, 1.807) is 0 Å². The Balaban J connectivity index is 0.000000188. The Morgan fingerprint density at radius 3 is 0.325 bits per heavy atom. The van der Waals surface area contributed by atoms with E-state index in [9.17, 15) is 0 Å². The van der Waals surface area contributed by atoms with Gasteiger partial charge in [-0.05, 0) is 132 Å². The van der Waals surface area contributed by atoms with E-state index in [4.69, 9.17) is 53.5 Å². The molecule has 17 heteroatoms. The van der Waals surface area contributed by atoms with Crippen molar-refractivity contribution in [1.29, 1.82) is 0 Å². The summed E-state index contributed by atoms with van der Waals surface area (Å²) in [5.74, 6) is 0. The third-order valence-electron chi connectivity index (χ3n) is 17.7. The van der Waals surface area contributed by atoms with Gasteiger partial charge >= 0.3 is 51.6 Å². The van der Waals surface area contributed by atoms with Crippen molar-refractivity contribution in [2.45, 2.75) is 89.9 Å². The van der Waals surface area contributed by atoms with Crippen LogP contribution in [0, 0.1) is 0 Å². The van der Waals surface area contributed by atoms with Gasteiger partial charge in [0.1, 0.15) is 0 Å². The molecule has 117 heavy (non-hydrogen) atoms. The maximum absolute atomic E-state index is 4.96. The molecular weight excluding hydrogens is 1590 g/mol. The fourth-order valence-electron chi connectivity index (χ4n) is 11.6. The van der Waals surface area contributed by atoms with E-state index in [0.29, 0.717) is 0 Å². The predicted octanol–water partition coefficient (Wildman–Crippen LogP) is 21.5. The largest absolute Gasteiger partial charge is 3.00 e. The summed E-state index contributed by atoms with van der Waals surface area (Å²) >= 11 is 0. The van der Waals surface area contributed by atoms with Gasteiger partial charge in [0.2, 0.25) is 0 Å². The van der Waals surface area contributed by atoms with Crippen LogP contribution < -0.4 is 61.3 Å². The predicted molar refractivity (Wildman–Crippen MR) is 495 cm³/mol. The van der Waals surface area contributed by atoms with Crippen LogP contribution in [0.2, 0.25) is 0 Å². The van der Waals surface area contributed by atoms with Crippen molar-refractivity contribution in [2.24, 2.45) is 0 Å². The molecule has 7 fully saturated rings. The molecule has 7 heterocycles. The first-order valence-electron chi connectivity index (χ1n) is 41.0. The molecule has 0 amide bonds. The molecule has 12 aromatic rings. The van der Waals surface area contributed by atoms with E-state index < -0.39 is 32.3 Å². The Kier molecular flexibility index (Phi) is 53.8. The fraction of sp³-hybridized carbons (Fsp3) is 0.280. The topological polar surface area (TPSA) is 121 Å². The van der Waals surface area contributed by atoms with Crippen LogP contribution in [0.5, 0.6) is 0 Å². The number of hydrogen-bond acceptors (Lipinski definition) is 7. The fourth-order valence-corrected chi connectivity index (χ4v) is 18.8. The molecule has 0 bridgehead atoms. The van der Waals surface area contributed by atoms with Crippen LogP contribution in [0.15, 0.2) is 364 Å². The Hall–Kier alpha value is -7.02. The van der Waals surface area contributed by atoms with Crippen LogP contribution in [-0.2, 0) is 65.9 Å². The molecule has 12 aromatic carbocycles. The van der Waals surface area contributed by atoms with Crippen molar-refractivity contribution in [2.75, 3.05) is 92.5 Å². The van der Waals surface area contributed by atoms with Crippen molar-refractivity contribution in [3.05, 3.63) is 384 Å². The molecule has 7 aliphatic heterocycles. The maximum atomic E-state index is 4.96. The van der Waals surface area contributed by atoms with Crippen LogP contribution in [0.4, 0.5) is 22.7 Å². The Labute approximate surface area is 742 Å². The minimum absolute atomic E-state index is 0. The van der Waals surface area contributed by atoms with Gasteiger partial charge in [0.25, 0.3) is 0 Å². The third kappa shape index (κ3) is 42.2. The molecular formula is C100H116LiN4O7P4Y. The summed E-state index contributed by atoms with van der Waals surface area (Å²) in [5.41, 5.74) is 4.13. The zero-order chi connectivity index (χ0) is 79.2. The molecule has 0 atom stereocenters. The standard InChI is InChI=1S/4C18H15NP.7C4H8O.Li.Y/c4*1-4-10-16(11-5-1)19-20(17-12-6-2-7-13-17)18-14-8-3-9-15-18;7*1-2-4-5-3-1;;/h4*1-15H;7*1-4H2;;/q4*-1;;;;;;;;+1;+3. The number of ether oxygens (including phenoxy) is 7. The average Bonchev–Trinajstić information content (AvgIpc) is 1.53. The molecule has 0 radical (unpaired) electrons. The van der Waals surface area contributed by atoms with Gasteiger partial charge in [-0.15, -0.1) is 55.0 Å². The second-order valence-corrected chi connectivity index (χ2v) is 34.3. The van der Waals surface area contributed by atoms with Crippen LogP contribution in [0.25, 0.3) is 20.3 Å². The van der Waals surface area contributed by atoms with E-state index >= 15 is 0 Å². The normalized spacial score (nSPS) is 14.3. The number of nitrogens with zero attached hydrogens (tertiary/aromatic N) is 4. The van der Waals surface area contributed by atoms with Gasteiger partial charge in [-0.25, -0.2) is 0 Å². The van der Waals surface area contributed by atoms with Gasteiger partial charge in [-0.1, -0.05) is 364 Å². The van der Waals surface area contributed by atoms with Crippen molar-refractivity contribution in [3.63, 3.8) is 0 Å². The van der Waals surface area contributed by atoms with Crippen molar-refractivity contribution < 1.29 is 84.7 Å². The average molecular weight is 1710 g/mol. The van der Waals surface area contributed by atoms with Gasteiger partial charge in [-0.3, -0.25) is 0 Å². The van der Waals surface area contributed by atoms with Crippen molar-refractivity contribution in [1.82, 2.24) is 0 Å². The summed E-state index contributed by atoms with van der Waals surface area (Å²) in [6, 6.07) is 125. The Morgan fingerprint density at radius 2 is 0.239 bits per heavy atom. The van der Waals surface area contributed by atoms with Crippen LogP contribution >= 0.6 is 32.3 Å². The summed E-state index contributed by atoms with van der Waals surface area (Å²) in [5, 5.41) is 30.1. The monoisotopic (exact) mass is 1700 g/mol. The smallest absolute Gasteiger partial charge is 0.653 e. The van der Waals surface area contributed by atoms with Crippen LogP contribution in [0.1, 0.15) is 89.9 Å². The first kappa shape index (κ1) is 97.1. The quantitative estimate of drug-likeness (QED) is 0.0698. The molecule has 7 aliphatic rings. The molecule has 0 aliphatic carbocycles. The van der Waals surface area contributed by atoms with Gasteiger partial charge < -0.3 is 53.5 Å². The number of hydrogen-bond donors (Lipinski definition) is 0. The molecule has 0 aromatic heterocycles. The molecule has 0 unspecified atom stereocenters. The van der Waals surface area contributed by atoms with E-state index in [0.717, 1.165) is 115 Å². The van der Waals surface area contributed by atoms with Crippen molar-refractivity contribution >= 4 is 97.5 Å². The molecule has 0 saturated carbocycles. The zero-order valence-electron chi connectivity index (χ0n) is 68.5. The van der Waals surface area contributed by atoms with Gasteiger partial charge in [-0.2, -0.15) is 0 Å². The molecule has 602 valence electrons. The molecule has 0 spiro atoms. The number of benzene rings is 12. The van der Waals surface area contributed by atoms with Gasteiger partial charge in [0.05, 0.1) is 0 Å². The maximum Gasteiger partial charge on any atom is 3.00 e. The Bertz CT molecular complexity index is 3420. The van der Waals surface area contributed by atoms with Crippen LogP contribution in [0.3, 0.4) is 0 Å². The third-order valence-corrected chi connectivity index (χ3v) is 25.7. The van der Waals surface area contributed by atoms with E-state index in [2.05, 4.69) is 243 Å². The minimum atomic E-state index is -0.702.